The van der Waals surface area contributed by atoms with Crippen molar-refractivity contribution in [1.82, 2.24) is 0 Å². The zero-order valence-electron chi connectivity index (χ0n) is 19.6. The molecule has 0 N–H and O–H groups in total. The molecule has 0 aliphatic heterocycles. The molecule has 0 bridgehead atoms. The Morgan fingerprint density at radius 1 is 0.618 bits per heavy atom. The van der Waals surface area contributed by atoms with E-state index >= 15 is 0 Å². The van der Waals surface area contributed by atoms with Crippen molar-refractivity contribution >= 4 is 33.9 Å². The van der Waals surface area contributed by atoms with Gasteiger partial charge in [0.15, 0.2) is 0 Å². The van der Waals surface area contributed by atoms with Crippen molar-refractivity contribution in [2.75, 3.05) is 13.2 Å². The highest BCUT2D eigenvalue weighted by Crippen LogP contribution is 2.42. The van der Waals surface area contributed by atoms with E-state index in [0.717, 1.165) is 12.8 Å². The van der Waals surface area contributed by atoms with E-state index in [1.165, 1.54) is 0 Å². The first-order valence-electron chi connectivity index (χ1n) is 11.6. The molecule has 0 aromatic heterocycles. The number of carbonyl (C=O) groups is 2. The lowest BCUT2D eigenvalue weighted by Gasteiger charge is -2.16. The molecule has 0 aliphatic rings. The number of hydrogen-bond donors (Lipinski definition) is 0. The minimum Gasteiger partial charge on any atom is -0.434 e. The van der Waals surface area contributed by atoms with Crippen LogP contribution >= 0.6 is 0 Å². The standard InChI is InChI=1S/C28H30O6/c1-3-5-7-13-19-31-27(29)33-25-21-15-9-11-17-23(21)26(24-18-12-10-16-22(24)25)34-28(30)32-20-14-8-6-4-2/h5-12,15-18H,3-4,13-14,19-20H2,1-2H3/b7-5+,8-6+. The highest BCUT2D eigenvalue weighted by atomic mass is 16.7. The first kappa shape index (κ1) is 24.8. The molecule has 178 valence electrons. The average molecular weight is 463 g/mol. The number of ether oxygens (including phenoxy) is 4. The summed E-state index contributed by atoms with van der Waals surface area (Å²) in [4.78, 5) is 24.8. The monoisotopic (exact) mass is 462 g/mol. The molecule has 0 saturated heterocycles. The third-order valence-corrected chi connectivity index (χ3v) is 5.02. The number of hydrogen-bond acceptors (Lipinski definition) is 6. The van der Waals surface area contributed by atoms with Gasteiger partial charge < -0.3 is 18.9 Å². The molecule has 0 heterocycles. The second kappa shape index (κ2) is 13.0. The number of rotatable bonds is 10. The van der Waals surface area contributed by atoms with Crippen LogP contribution < -0.4 is 9.47 Å². The zero-order chi connectivity index (χ0) is 24.2. The van der Waals surface area contributed by atoms with Crippen LogP contribution in [-0.2, 0) is 9.47 Å². The molecule has 0 fully saturated rings. The van der Waals surface area contributed by atoms with E-state index in [-0.39, 0.29) is 13.2 Å². The van der Waals surface area contributed by atoms with Gasteiger partial charge in [-0.3, -0.25) is 0 Å². The molecule has 0 atom stereocenters. The zero-order valence-corrected chi connectivity index (χ0v) is 19.6. The molecule has 0 spiro atoms. The van der Waals surface area contributed by atoms with Gasteiger partial charge in [0.2, 0.25) is 0 Å². The van der Waals surface area contributed by atoms with Gasteiger partial charge in [-0.2, -0.15) is 0 Å². The van der Waals surface area contributed by atoms with Gasteiger partial charge in [-0.05, 0) is 25.7 Å². The van der Waals surface area contributed by atoms with Crippen LogP contribution in [0.5, 0.6) is 11.5 Å². The summed E-state index contributed by atoms with van der Waals surface area (Å²) in [5.41, 5.74) is 0. The fraction of sp³-hybridized carbons (Fsp3) is 0.286. The summed E-state index contributed by atoms with van der Waals surface area (Å²) in [5, 5.41) is 2.49. The number of benzene rings is 3. The van der Waals surface area contributed by atoms with E-state index in [1.54, 1.807) is 0 Å². The third-order valence-electron chi connectivity index (χ3n) is 5.02. The Morgan fingerprint density at radius 2 is 0.971 bits per heavy atom. The minimum atomic E-state index is -0.784. The predicted octanol–water partition coefficient (Wildman–Crippen LogP) is 7.74. The van der Waals surface area contributed by atoms with Crippen LogP contribution in [0.15, 0.2) is 72.8 Å². The normalized spacial score (nSPS) is 11.4. The molecule has 0 amide bonds. The molecule has 0 saturated carbocycles. The summed E-state index contributed by atoms with van der Waals surface area (Å²) in [7, 11) is 0. The van der Waals surface area contributed by atoms with Crippen LogP contribution in [0.25, 0.3) is 21.5 Å². The molecule has 0 unspecified atom stereocenters. The van der Waals surface area contributed by atoms with Gasteiger partial charge in [0.1, 0.15) is 11.5 Å². The molecule has 0 radical (unpaired) electrons. The highest BCUT2D eigenvalue weighted by Gasteiger charge is 2.20. The van der Waals surface area contributed by atoms with Crippen LogP contribution in [0.3, 0.4) is 0 Å². The van der Waals surface area contributed by atoms with E-state index in [9.17, 15) is 9.59 Å². The Bertz CT molecular complexity index is 1030. The molecule has 6 heteroatoms. The molecular formula is C28H30O6. The quantitative estimate of drug-likeness (QED) is 0.101. The Balaban J connectivity index is 1.87. The Labute approximate surface area is 199 Å². The van der Waals surface area contributed by atoms with Crippen LogP contribution in [0, 0.1) is 0 Å². The summed E-state index contributed by atoms with van der Waals surface area (Å²) < 4.78 is 21.8. The first-order valence-corrected chi connectivity index (χ1v) is 11.6. The molecule has 3 aromatic carbocycles. The maximum atomic E-state index is 12.4. The predicted molar refractivity (Wildman–Crippen MR) is 134 cm³/mol. The molecule has 6 nitrogen and oxygen atoms in total. The van der Waals surface area contributed by atoms with E-state index in [4.69, 9.17) is 18.9 Å². The molecule has 34 heavy (non-hydrogen) atoms. The van der Waals surface area contributed by atoms with Crippen molar-refractivity contribution in [1.29, 1.82) is 0 Å². The first-order chi connectivity index (χ1) is 16.7. The largest absolute Gasteiger partial charge is 0.513 e. The lowest BCUT2D eigenvalue weighted by Crippen LogP contribution is -2.13. The van der Waals surface area contributed by atoms with Crippen LogP contribution in [-0.4, -0.2) is 25.5 Å². The SMILES string of the molecule is CC/C=C/CCOC(=O)Oc1c2ccccc2c(OC(=O)OCC/C=C/CC)c2ccccc12. The fourth-order valence-electron chi connectivity index (χ4n) is 3.48. The van der Waals surface area contributed by atoms with Crippen molar-refractivity contribution < 1.29 is 28.5 Å². The summed E-state index contributed by atoms with van der Waals surface area (Å²) in [6.07, 6.45) is 9.49. The van der Waals surface area contributed by atoms with E-state index in [1.807, 2.05) is 86.7 Å². The van der Waals surface area contributed by atoms with Crippen LogP contribution in [0.2, 0.25) is 0 Å². The van der Waals surface area contributed by atoms with Crippen molar-refractivity contribution in [2.24, 2.45) is 0 Å². The Hall–Kier alpha value is -3.80. The van der Waals surface area contributed by atoms with E-state index < -0.39 is 12.3 Å². The van der Waals surface area contributed by atoms with Crippen LogP contribution in [0.4, 0.5) is 9.59 Å². The maximum Gasteiger partial charge on any atom is 0.513 e. The van der Waals surface area contributed by atoms with Crippen molar-refractivity contribution in [3.8, 4) is 11.5 Å². The van der Waals surface area contributed by atoms with E-state index in [2.05, 4.69) is 0 Å². The number of carbonyl (C=O) groups excluding carboxylic acids is 2. The second-order valence-electron chi connectivity index (χ2n) is 7.49. The van der Waals surface area contributed by atoms with Gasteiger partial charge >= 0.3 is 12.3 Å². The molecule has 3 rings (SSSR count). The summed E-state index contributed by atoms with van der Waals surface area (Å²) >= 11 is 0. The fourth-order valence-corrected chi connectivity index (χ4v) is 3.48. The van der Waals surface area contributed by atoms with Gasteiger partial charge in [-0.15, -0.1) is 0 Å². The van der Waals surface area contributed by atoms with Gasteiger partial charge in [0, 0.05) is 21.5 Å². The lowest BCUT2D eigenvalue weighted by atomic mass is 10.0. The number of fused-ring (bicyclic) bond motifs is 2. The summed E-state index contributed by atoms with van der Waals surface area (Å²) in [6.45, 7) is 4.54. The van der Waals surface area contributed by atoms with Crippen molar-refractivity contribution in [2.45, 2.75) is 39.5 Å². The average Bonchev–Trinajstić information content (AvgIpc) is 2.85. The van der Waals surface area contributed by atoms with Crippen molar-refractivity contribution in [3.63, 3.8) is 0 Å². The molecular weight excluding hydrogens is 432 g/mol. The lowest BCUT2D eigenvalue weighted by molar-refractivity contribution is 0.0999. The van der Waals surface area contributed by atoms with Crippen molar-refractivity contribution in [3.05, 3.63) is 72.8 Å². The molecule has 3 aromatic rings. The topological polar surface area (TPSA) is 71.1 Å². The maximum absolute atomic E-state index is 12.4. The summed E-state index contributed by atoms with van der Waals surface area (Å²) in [5.74, 6) is 0.705. The summed E-state index contributed by atoms with van der Waals surface area (Å²) in [6, 6.07) is 14.5. The minimum absolute atomic E-state index is 0.228. The van der Waals surface area contributed by atoms with E-state index in [0.29, 0.717) is 45.9 Å². The Morgan fingerprint density at radius 3 is 1.29 bits per heavy atom. The molecule has 0 aliphatic carbocycles. The number of allylic oxidation sites excluding steroid dienone is 2. The van der Waals surface area contributed by atoms with Gasteiger partial charge in [-0.25, -0.2) is 9.59 Å². The van der Waals surface area contributed by atoms with Gasteiger partial charge in [-0.1, -0.05) is 86.7 Å². The van der Waals surface area contributed by atoms with Crippen LogP contribution in [0.1, 0.15) is 39.5 Å². The second-order valence-corrected chi connectivity index (χ2v) is 7.49. The Kier molecular flexibility index (Phi) is 9.52. The van der Waals surface area contributed by atoms with Gasteiger partial charge in [0.25, 0.3) is 0 Å². The van der Waals surface area contributed by atoms with Gasteiger partial charge in [0.05, 0.1) is 13.2 Å². The third kappa shape index (κ3) is 6.61. The highest BCUT2D eigenvalue weighted by molar-refractivity contribution is 6.12. The smallest absolute Gasteiger partial charge is 0.434 e.